The van der Waals surface area contributed by atoms with Gasteiger partial charge in [0.15, 0.2) is 0 Å². The molecule has 1 aromatic rings. The standard InChI is InChI=1S/C18H25F3N2O.ClH/c1-13(15-3-2-10-22-12-15)11-17(24)23-16-6-4-14(5-7-16)8-9-18(19,20)21;/h4-7,13,15,22H,2-3,8-12H2,1H3,(H,23,24);1H. The van der Waals surface area contributed by atoms with E-state index in [0.717, 1.165) is 25.9 Å². The maximum Gasteiger partial charge on any atom is 0.389 e. The van der Waals surface area contributed by atoms with Gasteiger partial charge in [-0.05, 0) is 61.9 Å². The third kappa shape index (κ3) is 8.10. The molecule has 2 unspecified atom stereocenters. The third-order valence-corrected chi connectivity index (χ3v) is 4.58. The quantitative estimate of drug-likeness (QED) is 0.761. The van der Waals surface area contributed by atoms with E-state index < -0.39 is 12.6 Å². The van der Waals surface area contributed by atoms with Crippen molar-refractivity contribution in [2.75, 3.05) is 18.4 Å². The van der Waals surface area contributed by atoms with Crippen molar-refractivity contribution < 1.29 is 18.0 Å². The van der Waals surface area contributed by atoms with Crippen LogP contribution in [-0.2, 0) is 11.2 Å². The van der Waals surface area contributed by atoms with Crippen LogP contribution in [0.1, 0.15) is 38.2 Å². The van der Waals surface area contributed by atoms with E-state index in [1.165, 1.54) is 0 Å². The average Bonchev–Trinajstić information content (AvgIpc) is 2.54. The molecule has 1 heterocycles. The Morgan fingerprint density at radius 2 is 2.00 bits per heavy atom. The first-order valence-electron chi connectivity index (χ1n) is 8.50. The molecule has 1 aromatic carbocycles. The average molecular weight is 379 g/mol. The summed E-state index contributed by atoms with van der Waals surface area (Å²) in [4.78, 5) is 12.1. The molecule has 0 spiro atoms. The molecule has 0 radical (unpaired) electrons. The number of amides is 1. The van der Waals surface area contributed by atoms with E-state index in [9.17, 15) is 18.0 Å². The fourth-order valence-electron chi connectivity index (χ4n) is 3.08. The first-order valence-corrected chi connectivity index (χ1v) is 8.50. The highest BCUT2D eigenvalue weighted by Gasteiger charge is 2.26. The molecule has 0 saturated carbocycles. The number of piperidine rings is 1. The number of nitrogens with one attached hydrogen (secondary N) is 2. The smallest absolute Gasteiger partial charge is 0.326 e. The molecule has 1 aliphatic rings. The molecule has 7 heteroatoms. The van der Waals surface area contributed by atoms with Crippen molar-refractivity contribution in [2.45, 2.75) is 45.2 Å². The number of hydrogen-bond acceptors (Lipinski definition) is 2. The van der Waals surface area contributed by atoms with Gasteiger partial charge >= 0.3 is 6.18 Å². The lowest BCUT2D eigenvalue weighted by molar-refractivity contribution is -0.134. The minimum absolute atomic E-state index is 0. The summed E-state index contributed by atoms with van der Waals surface area (Å²) in [5.74, 6) is 0.786. The van der Waals surface area contributed by atoms with Gasteiger partial charge in [-0.1, -0.05) is 19.1 Å². The number of alkyl halides is 3. The fraction of sp³-hybridized carbons (Fsp3) is 0.611. The van der Waals surface area contributed by atoms with Gasteiger partial charge in [-0.15, -0.1) is 12.4 Å². The minimum Gasteiger partial charge on any atom is -0.326 e. The Labute approximate surface area is 153 Å². The van der Waals surface area contributed by atoms with Crippen molar-refractivity contribution in [3.8, 4) is 0 Å². The summed E-state index contributed by atoms with van der Waals surface area (Å²) in [5, 5.41) is 6.19. The van der Waals surface area contributed by atoms with E-state index in [1.54, 1.807) is 24.3 Å². The Bertz CT molecular complexity index is 528. The van der Waals surface area contributed by atoms with Crippen LogP contribution in [0.3, 0.4) is 0 Å². The van der Waals surface area contributed by atoms with Gasteiger partial charge in [0.05, 0.1) is 0 Å². The van der Waals surface area contributed by atoms with Gasteiger partial charge < -0.3 is 10.6 Å². The van der Waals surface area contributed by atoms with Gasteiger partial charge in [0, 0.05) is 18.5 Å². The predicted molar refractivity (Wildman–Crippen MR) is 96.1 cm³/mol. The Morgan fingerprint density at radius 1 is 1.32 bits per heavy atom. The molecule has 25 heavy (non-hydrogen) atoms. The number of aryl methyl sites for hydroxylation is 1. The van der Waals surface area contributed by atoms with Crippen LogP contribution in [0.25, 0.3) is 0 Å². The fourth-order valence-corrected chi connectivity index (χ4v) is 3.08. The lowest BCUT2D eigenvalue weighted by atomic mass is 9.85. The van der Waals surface area contributed by atoms with Gasteiger partial charge in [0.25, 0.3) is 0 Å². The van der Waals surface area contributed by atoms with Gasteiger partial charge in [0.2, 0.25) is 5.91 Å². The minimum atomic E-state index is -4.14. The number of hydrogen-bond donors (Lipinski definition) is 2. The summed E-state index contributed by atoms with van der Waals surface area (Å²) < 4.78 is 36.6. The summed E-state index contributed by atoms with van der Waals surface area (Å²) in [5.41, 5.74) is 1.25. The molecule has 1 aliphatic heterocycles. The second kappa shape index (κ2) is 10.0. The number of benzene rings is 1. The Balaban J connectivity index is 0.00000312. The molecule has 2 rings (SSSR count). The number of carbonyl (C=O) groups excluding carboxylic acids is 1. The Morgan fingerprint density at radius 3 is 2.56 bits per heavy atom. The SMILES string of the molecule is CC(CC(=O)Nc1ccc(CCC(F)(F)F)cc1)C1CCCNC1.Cl. The van der Waals surface area contributed by atoms with Crippen LogP contribution < -0.4 is 10.6 Å². The van der Waals surface area contributed by atoms with Crippen LogP contribution in [0.5, 0.6) is 0 Å². The molecule has 0 aromatic heterocycles. The van der Waals surface area contributed by atoms with Crippen molar-refractivity contribution in [1.82, 2.24) is 5.32 Å². The van der Waals surface area contributed by atoms with E-state index in [-0.39, 0.29) is 24.7 Å². The maximum atomic E-state index is 12.2. The first kappa shape index (κ1) is 21.8. The molecule has 142 valence electrons. The van der Waals surface area contributed by atoms with Crippen LogP contribution >= 0.6 is 12.4 Å². The molecular weight excluding hydrogens is 353 g/mol. The van der Waals surface area contributed by atoms with Crippen LogP contribution in [0.15, 0.2) is 24.3 Å². The Hall–Kier alpha value is -1.27. The lowest BCUT2D eigenvalue weighted by Crippen LogP contribution is -2.34. The second-order valence-corrected chi connectivity index (χ2v) is 6.65. The van der Waals surface area contributed by atoms with Crippen molar-refractivity contribution in [3.63, 3.8) is 0 Å². The number of halogens is 4. The monoisotopic (exact) mass is 378 g/mol. The molecule has 1 fully saturated rings. The number of rotatable bonds is 6. The molecule has 1 saturated heterocycles. The van der Waals surface area contributed by atoms with Crippen LogP contribution in [-0.4, -0.2) is 25.2 Å². The van der Waals surface area contributed by atoms with Gasteiger partial charge in [-0.25, -0.2) is 0 Å². The topological polar surface area (TPSA) is 41.1 Å². The number of anilines is 1. The zero-order chi connectivity index (χ0) is 17.6. The summed E-state index contributed by atoms with van der Waals surface area (Å²) in [6, 6.07) is 6.60. The van der Waals surface area contributed by atoms with Crippen molar-refractivity contribution >= 4 is 24.0 Å². The zero-order valence-corrected chi connectivity index (χ0v) is 15.2. The molecular formula is C18H26ClF3N2O. The molecule has 1 amide bonds. The van der Waals surface area contributed by atoms with Crippen molar-refractivity contribution in [2.24, 2.45) is 11.8 Å². The summed E-state index contributed by atoms with van der Waals surface area (Å²) >= 11 is 0. The normalized spacial score (nSPS) is 19.0. The highest BCUT2D eigenvalue weighted by Crippen LogP contribution is 2.24. The van der Waals surface area contributed by atoms with Gasteiger partial charge in [-0.3, -0.25) is 4.79 Å². The zero-order valence-electron chi connectivity index (χ0n) is 14.4. The third-order valence-electron chi connectivity index (χ3n) is 4.58. The lowest BCUT2D eigenvalue weighted by Gasteiger charge is -2.28. The number of carbonyl (C=O) groups is 1. The molecule has 2 N–H and O–H groups in total. The largest absolute Gasteiger partial charge is 0.389 e. The van der Waals surface area contributed by atoms with E-state index in [4.69, 9.17) is 0 Å². The highest BCUT2D eigenvalue weighted by atomic mass is 35.5. The predicted octanol–water partition coefficient (Wildman–Crippen LogP) is 4.57. The summed E-state index contributed by atoms with van der Waals surface area (Å²) in [6.45, 7) is 4.11. The maximum absolute atomic E-state index is 12.2. The molecule has 2 atom stereocenters. The second-order valence-electron chi connectivity index (χ2n) is 6.65. The van der Waals surface area contributed by atoms with Crippen molar-refractivity contribution in [1.29, 1.82) is 0 Å². The van der Waals surface area contributed by atoms with Gasteiger partial charge in [0.1, 0.15) is 0 Å². The van der Waals surface area contributed by atoms with E-state index in [1.807, 2.05) is 0 Å². The van der Waals surface area contributed by atoms with Crippen LogP contribution in [0.2, 0.25) is 0 Å². The van der Waals surface area contributed by atoms with E-state index in [2.05, 4.69) is 17.6 Å². The molecule has 0 bridgehead atoms. The molecule has 0 aliphatic carbocycles. The van der Waals surface area contributed by atoms with E-state index >= 15 is 0 Å². The van der Waals surface area contributed by atoms with Crippen LogP contribution in [0, 0.1) is 11.8 Å². The summed E-state index contributed by atoms with van der Waals surface area (Å²) in [7, 11) is 0. The molecule has 3 nitrogen and oxygen atoms in total. The Kier molecular flexibility index (Phi) is 8.73. The van der Waals surface area contributed by atoms with Gasteiger partial charge in [-0.2, -0.15) is 13.2 Å². The van der Waals surface area contributed by atoms with E-state index in [0.29, 0.717) is 29.5 Å². The highest BCUT2D eigenvalue weighted by molar-refractivity contribution is 5.90. The first-order chi connectivity index (χ1) is 11.3. The summed E-state index contributed by atoms with van der Waals surface area (Å²) in [6.07, 6.45) is -2.25. The van der Waals surface area contributed by atoms with Crippen molar-refractivity contribution in [3.05, 3.63) is 29.8 Å². The van der Waals surface area contributed by atoms with Crippen LogP contribution in [0.4, 0.5) is 18.9 Å².